The van der Waals surface area contributed by atoms with E-state index in [0.717, 1.165) is 0 Å². The second-order valence-electron chi connectivity index (χ2n) is 3.78. The summed E-state index contributed by atoms with van der Waals surface area (Å²) in [5, 5.41) is 9.54. The normalized spacial score (nSPS) is 10.2. The van der Waals surface area contributed by atoms with E-state index in [4.69, 9.17) is 21.1 Å². The molecule has 0 spiro atoms. The van der Waals surface area contributed by atoms with Gasteiger partial charge in [-0.15, -0.1) is 0 Å². The molecule has 0 aromatic carbocycles. The van der Waals surface area contributed by atoms with Crippen molar-refractivity contribution in [1.82, 2.24) is 9.97 Å². The second kappa shape index (κ2) is 5.75. The van der Waals surface area contributed by atoms with Crippen LogP contribution in [0.15, 0.2) is 24.5 Å². The zero-order valence-electron chi connectivity index (χ0n) is 10.8. The highest BCUT2D eigenvalue weighted by Gasteiger charge is 2.18. The molecule has 0 aliphatic rings. The van der Waals surface area contributed by atoms with Crippen LogP contribution in [0.5, 0.6) is 11.6 Å². The highest BCUT2D eigenvalue weighted by molar-refractivity contribution is 6.29. The lowest BCUT2D eigenvalue weighted by atomic mass is 10.0. The van der Waals surface area contributed by atoms with Crippen molar-refractivity contribution in [2.45, 2.75) is 0 Å². The smallest absolute Gasteiger partial charge is 0.336 e. The maximum atomic E-state index is 11.4. The van der Waals surface area contributed by atoms with Crippen molar-refractivity contribution >= 4 is 17.6 Å². The number of carboxylic acid groups (broad SMARTS) is 1. The topological polar surface area (TPSA) is 81.5 Å². The molecule has 2 aromatic rings. The van der Waals surface area contributed by atoms with Gasteiger partial charge in [0, 0.05) is 23.4 Å². The van der Waals surface area contributed by atoms with E-state index in [1.165, 1.54) is 38.7 Å². The number of rotatable bonds is 4. The average molecular weight is 295 g/mol. The SMILES string of the molecule is COc1cc(C(=O)O)c(-c2cc(Cl)ncc2OC)cn1. The van der Waals surface area contributed by atoms with E-state index in [0.29, 0.717) is 16.9 Å². The number of carbonyl (C=O) groups is 1. The van der Waals surface area contributed by atoms with E-state index in [2.05, 4.69) is 9.97 Å². The Kier molecular flexibility index (Phi) is 4.05. The van der Waals surface area contributed by atoms with Crippen molar-refractivity contribution in [3.05, 3.63) is 35.2 Å². The molecular formula is C13H11ClN2O4. The van der Waals surface area contributed by atoms with Gasteiger partial charge in [-0.3, -0.25) is 0 Å². The van der Waals surface area contributed by atoms with Crippen LogP contribution in [0.1, 0.15) is 10.4 Å². The number of carboxylic acids is 1. The first-order valence-electron chi connectivity index (χ1n) is 5.54. The number of methoxy groups -OCH3 is 2. The van der Waals surface area contributed by atoms with Gasteiger partial charge in [0.05, 0.1) is 26.0 Å². The summed E-state index contributed by atoms with van der Waals surface area (Å²) in [6.07, 6.45) is 2.82. The van der Waals surface area contributed by atoms with E-state index >= 15 is 0 Å². The van der Waals surface area contributed by atoms with Crippen LogP contribution in [0.3, 0.4) is 0 Å². The third kappa shape index (κ3) is 2.65. The number of hydrogen-bond acceptors (Lipinski definition) is 5. The summed E-state index contributed by atoms with van der Waals surface area (Å²) in [5.74, 6) is -0.482. The van der Waals surface area contributed by atoms with Gasteiger partial charge in [0.25, 0.3) is 0 Å². The van der Waals surface area contributed by atoms with Gasteiger partial charge in [-0.05, 0) is 6.07 Å². The zero-order chi connectivity index (χ0) is 14.7. The number of aromatic carboxylic acids is 1. The number of halogens is 1. The Balaban J connectivity index is 2.68. The van der Waals surface area contributed by atoms with Crippen LogP contribution < -0.4 is 9.47 Å². The van der Waals surface area contributed by atoms with E-state index in [-0.39, 0.29) is 16.6 Å². The molecule has 0 unspecified atom stereocenters. The van der Waals surface area contributed by atoms with Gasteiger partial charge in [0.1, 0.15) is 10.9 Å². The van der Waals surface area contributed by atoms with Gasteiger partial charge < -0.3 is 14.6 Å². The molecule has 0 radical (unpaired) electrons. The molecule has 0 amide bonds. The maximum absolute atomic E-state index is 11.4. The minimum atomic E-state index is -1.10. The lowest BCUT2D eigenvalue weighted by Gasteiger charge is -2.11. The summed E-state index contributed by atoms with van der Waals surface area (Å²) < 4.78 is 10.1. The van der Waals surface area contributed by atoms with Crippen LogP contribution in [0.2, 0.25) is 5.15 Å². The summed E-state index contributed by atoms with van der Waals surface area (Å²) in [7, 11) is 2.88. The third-order valence-electron chi connectivity index (χ3n) is 2.66. The van der Waals surface area contributed by atoms with Crippen molar-refractivity contribution in [3.63, 3.8) is 0 Å². The number of pyridine rings is 2. The number of ether oxygens (including phenoxy) is 2. The molecule has 0 fully saturated rings. The summed E-state index contributed by atoms with van der Waals surface area (Å²) in [6.45, 7) is 0. The van der Waals surface area contributed by atoms with Crippen LogP contribution >= 0.6 is 11.6 Å². The third-order valence-corrected chi connectivity index (χ3v) is 2.87. The fourth-order valence-electron chi connectivity index (χ4n) is 1.73. The predicted octanol–water partition coefficient (Wildman–Crippen LogP) is 2.51. The second-order valence-corrected chi connectivity index (χ2v) is 4.17. The Labute approximate surface area is 120 Å². The molecule has 1 N–H and O–H groups in total. The summed E-state index contributed by atoms with van der Waals surface area (Å²) >= 11 is 5.85. The molecule has 0 bridgehead atoms. The number of aromatic nitrogens is 2. The number of hydrogen-bond donors (Lipinski definition) is 1. The highest BCUT2D eigenvalue weighted by Crippen LogP contribution is 2.34. The van der Waals surface area contributed by atoms with Crippen molar-refractivity contribution < 1.29 is 19.4 Å². The summed E-state index contributed by atoms with van der Waals surface area (Å²) in [4.78, 5) is 19.3. The molecule has 6 nitrogen and oxygen atoms in total. The largest absolute Gasteiger partial charge is 0.494 e. The first kappa shape index (κ1) is 14.1. The molecule has 104 valence electrons. The Hall–Kier alpha value is -2.34. The van der Waals surface area contributed by atoms with E-state index < -0.39 is 5.97 Å². The molecule has 0 atom stereocenters. The van der Waals surface area contributed by atoms with Crippen LogP contribution in [0.4, 0.5) is 0 Å². The van der Waals surface area contributed by atoms with Crippen molar-refractivity contribution in [2.24, 2.45) is 0 Å². The molecule has 0 aliphatic heterocycles. The average Bonchev–Trinajstić information content (AvgIpc) is 2.46. The Bertz CT molecular complexity index is 661. The Morgan fingerprint density at radius 2 is 1.90 bits per heavy atom. The van der Waals surface area contributed by atoms with Crippen molar-refractivity contribution in [1.29, 1.82) is 0 Å². The lowest BCUT2D eigenvalue weighted by molar-refractivity contribution is 0.0697. The Morgan fingerprint density at radius 1 is 1.15 bits per heavy atom. The molecule has 0 saturated heterocycles. The first-order chi connectivity index (χ1) is 9.56. The van der Waals surface area contributed by atoms with Gasteiger partial charge >= 0.3 is 5.97 Å². The molecule has 7 heteroatoms. The van der Waals surface area contributed by atoms with Gasteiger partial charge in [0.15, 0.2) is 0 Å². The molecule has 2 rings (SSSR count). The molecule has 2 heterocycles. The zero-order valence-corrected chi connectivity index (χ0v) is 11.5. The van der Waals surface area contributed by atoms with E-state index in [9.17, 15) is 9.90 Å². The standard InChI is InChI=1S/C13H11ClN2O4/c1-19-10-6-15-11(14)3-7(10)9-5-16-12(20-2)4-8(9)13(17)18/h3-6H,1-2H3,(H,17,18). The van der Waals surface area contributed by atoms with Crippen molar-refractivity contribution in [2.75, 3.05) is 14.2 Å². The molecular weight excluding hydrogens is 284 g/mol. The molecule has 0 saturated carbocycles. The lowest BCUT2D eigenvalue weighted by Crippen LogP contribution is -2.03. The Morgan fingerprint density at radius 3 is 2.50 bits per heavy atom. The van der Waals surface area contributed by atoms with E-state index in [1.807, 2.05) is 0 Å². The van der Waals surface area contributed by atoms with Crippen LogP contribution in [-0.4, -0.2) is 35.3 Å². The van der Waals surface area contributed by atoms with Crippen LogP contribution in [0, 0.1) is 0 Å². The van der Waals surface area contributed by atoms with Crippen LogP contribution in [0.25, 0.3) is 11.1 Å². The predicted molar refractivity (Wildman–Crippen MR) is 72.5 cm³/mol. The molecule has 0 aliphatic carbocycles. The molecule has 20 heavy (non-hydrogen) atoms. The summed E-state index contributed by atoms with van der Waals surface area (Å²) in [6, 6.07) is 2.86. The van der Waals surface area contributed by atoms with Crippen LogP contribution in [-0.2, 0) is 0 Å². The summed E-state index contributed by atoms with van der Waals surface area (Å²) in [5.41, 5.74) is 0.914. The van der Waals surface area contributed by atoms with Gasteiger partial charge in [-0.1, -0.05) is 11.6 Å². The van der Waals surface area contributed by atoms with Gasteiger partial charge in [-0.25, -0.2) is 14.8 Å². The number of nitrogens with zero attached hydrogens (tertiary/aromatic N) is 2. The quantitative estimate of drug-likeness (QED) is 0.873. The fraction of sp³-hybridized carbons (Fsp3) is 0.154. The minimum Gasteiger partial charge on any atom is -0.494 e. The molecule has 2 aromatic heterocycles. The van der Waals surface area contributed by atoms with Crippen molar-refractivity contribution in [3.8, 4) is 22.8 Å². The first-order valence-corrected chi connectivity index (χ1v) is 5.92. The van der Waals surface area contributed by atoms with Gasteiger partial charge in [0.2, 0.25) is 5.88 Å². The monoisotopic (exact) mass is 294 g/mol. The maximum Gasteiger partial charge on any atom is 0.336 e. The highest BCUT2D eigenvalue weighted by atomic mass is 35.5. The minimum absolute atomic E-state index is 0.0393. The van der Waals surface area contributed by atoms with Gasteiger partial charge in [-0.2, -0.15) is 0 Å². The fourth-order valence-corrected chi connectivity index (χ4v) is 1.89. The van der Waals surface area contributed by atoms with E-state index in [1.54, 1.807) is 0 Å².